The molecule has 0 bridgehead atoms. The van der Waals surface area contributed by atoms with Crippen molar-refractivity contribution in [3.8, 4) is 16.9 Å². The topological polar surface area (TPSA) is 9.23 Å². The lowest BCUT2D eigenvalue weighted by Gasteiger charge is -2.18. The van der Waals surface area contributed by atoms with Crippen LogP contribution in [0.15, 0.2) is 54.6 Å². The van der Waals surface area contributed by atoms with Gasteiger partial charge in [0.15, 0.2) is 0 Å². The Morgan fingerprint density at radius 2 is 1.50 bits per heavy atom. The Balaban J connectivity index is 1.76. The van der Waals surface area contributed by atoms with Crippen LogP contribution in [-0.4, -0.2) is 6.61 Å². The summed E-state index contributed by atoms with van der Waals surface area (Å²) in [6, 6.07) is 17.3. The number of hydrogen-bond acceptors (Lipinski definition) is 1. The quantitative estimate of drug-likeness (QED) is 0.676. The summed E-state index contributed by atoms with van der Waals surface area (Å²) in [4.78, 5) is 0. The highest BCUT2D eigenvalue weighted by atomic mass is 16.5. The number of hydrogen-bond donors (Lipinski definition) is 0. The molecule has 1 heteroatoms. The minimum atomic E-state index is 0.710. The number of allylic oxidation sites excluding steroid dienone is 2. The summed E-state index contributed by atoms with van der Waals surface area (Å²) in [6.07, 6.45) is 6.16. The van der Waals surface area contributed by atoms with Crippen molar-refractivity contribution in [2.75, 3.05) is 6.61 Å². The third-order valence-electron chi connectivity index (χ3n) is 4.43. The van der Waals surface area contributed by atoms with E-state index >= 15 is 0 Å². The molecule has 0 aromatic heterocycles. The maximum absolute atomic E-state index is 5.50. The molecule has 0 saturated carbocycles. The first-order chi connectivity index (χ1) is 10.8. The van der Waals surface area contributed by atoms with Crippen molar-refractivity contribution in [2.45, 2.75) is 33.1 Å². The van der Waals surface area contributed by atoms with Gasteiger partial charge in [0.2, 0.25) is 0 Å². The maximum atomic E-state index is 5.50. The van der Waals surface area contributed by atoms with Crippen LogP contribution in [0, 0.1) is 5.92 Å². The Bertz CT molecular complexity index is 635. The van der Waals surface area contributed by atoms with E-state index in [4.69, 9.17) is 4.74 Å². The molecule has 0 N–H and O–H groups in total. The first-order valence-electron chi connectivity index (χ1n) is 8.29. The first-order valence-corrected chi connectivity index (χ1v) is 8.29. The summed E-state index contributed by atoms with van der Waals surface area (Å²) in [5.74, 6) is 1.77. The SMILES string of the molecule is CCOc1ccc(-c2ccc(C3=CCC(C)CC3)cc2)cc1. The molecule has 0 amide bonds. The molecule has 1 unspecified atom stereocenters. The van der Waals surface area contributed by atoms with Crippen molar-refractivity contribution in [1.82, 2.24) is 0 Å². The van der Waals surface area contributed by atoms with Crippen molar-refractivity contribution in [1.29, 1.82) is 0 Å². The van der Waals surface area contributed by atoms with E-state index in [1.165, 1.54) is 41.5 Å². The number of benzene rings is 2. The largest absolute Gasteiger partial charge is 0.494 e. The number of rotatable bonds is 4. The van der Waals surface area contributed by atoms with Crippen molar-refractivity contribution in [3.05, 3.63) is 60.2 Å². The lowest BCUT2D eigenvalue weighted by molar-refractivity contribution is 0.340. The lowest BCUT2D eigenvalue weighted by atomic mass is 9.87. The van der Waals surface area contributed by atoms with Gasteiger partial charge in [-0.3, -0.25) is 0 Å². The molecule has 3 rings (SSSR count). The molecule has 1 aliphatic rings. The van der Waals surface area contributed by atoms with E-state index in [0.717, 1.165) is 11.7 Å². The number of ether oxygens (including phenoxy) is 1. The summed E-state index contributed by atoms with van der Waals surface area (Å²) in [5, 5.41) is 0. The molecule has 1 aliphatic carbocycles. The molecular formula is C21H24O. The van der Waals surface area contributed by atoms with Gasteiger partial charge < -0.3 is 4.74 Å². The van der Waals surface area contributed by atoms with Gasteiger partial charge in [0.1, 0.15) is 5.75 Å². The van der Waals surface area contributed by atoms with Crippen LogP contribution in [-0.2, 0) is 0 Å². The van der Waals surface area contributed by atoms with Gasteiger partial charge in [-0.1, -0.05) is 49.4 Å². The van der Waals surface area contributed by atoms with Crippen molar-refractivity contribution >= 4 is 5.57 Å². The Hall–Kier alpha value is -2.02. The zero-order valence-corrected chi connectivity index (χ0v) is 13.5. The van der Waals surface area contributed by atoms with Crippen molar-refractivity contribution in [2.24, 2.45) is 5.92 Å². The average molecular weight is 292 g/mol. The van der Waals surface area contributed by atoms with E-state index in [9.17, 15) is 0 Å². The Morgan fingerprint density at radius 3 is 2.05 bits per heavy atom. The van der Waals surface area contributed by atoms with Crippen LogP contribution in [0.5, 0.6) is 5.75 Å². The fraction of sp³-hybridized carbons (Fsp3) is 0.333. The molecule has 0 spiro atoms. The van der Waals surface area contributed by atoms with Crippen LogP contribution >= 0.6 is 0 Å². The van der Waals surface area contributed by atoms with Crippen LogP contribution in [0.4, 0.5) is 0 Å². The minimum absolute atomic E-state index is 0.710. The highest BCUT2D eigenvalue weighted by molar-refractivity contribution is 5.71. The average Bonchev–Trinajstić information content (AvgIpc) is 2.57. The Morgan fingerprint density at radius 1 is 0.909 bits per heavy atom. The summed E-state index contributed by atoms with van der Waals surface area (Å²) < 4.78 is 5.50. The highest BCUT2D eigenvalue weighted by Crippen LogP contribution is 2.31. The smallest absolute Gasteiger partial charge is 0.119 e. The van der Waals surface area contributed by atoms with Crippen LogP contribution in [0.2, 0.25) is 0 Å². The van der Waals surface area contributed by atoms with E-state index < -0.39 is 0 Å². The fourth-order valence-corrected chi connectivity index (χ4v) is 3.01. The van der Waals surface area contributed by atoms with E-state index in [1.807, 2.05) is 19.1 Å². The summed E-state index contributed by atoms with van der Waals surface area (Å²) in [7, 11) is 0. The third-order valence-corrected chi connectivity index (χ3v) is 4.43. The molecule has 0 aliphatic heterocycles. The van der Waals surface area contributed by atoms with E-state index in [2.05, 4.69) is 49.4 Å². The predicted octanol–water partition coefficient (Wildman–Crippen LogP) is 5.96. The maximum Gasteiger partial charge on any atom is 0.119 e. The van der Waals surface area contributed by atoms with Crippen molar-refractivity contribution < 1.29 is 4.74 Å². The molecule has 0 saturated heterocycles. The molecule has 22 heavy (non-hydrogen) atoms. The summed E-state index contributed by atoms with van der Waals surface area (Å²) in [6.45, 7) is 5.05. The molecule has 0 heterocycles. The van der Waals surface area contributed by atoms with Crippen LogP contribution in [0.25, 0.3) is 16.7 Å². The van der Waals surface area contributed by atoms with Crippen LogP contribution < -0.4 is 4.74 Å². The summed E-state index contributed by atoms with van der Waals surface area (Å²) in [5.41, 5.74) is 5.38. The zero-order valence-electron chi connectivity index (χ0n) is 13.5. The molecule has 1 atom stereocenters. The molecule has 0 fully saturated rings. The normalized spacial score (nSPS) is 17.9. The van der Waals surface area contributed by atoms with E-state index in [-0.39, 0.29) is 0 Å². The van der Waals surface area contributed by atoms with Gasteiger partial charge in [0.05, 0.1) is 6.61 Å². The second-order valence-electron chi connectivity index (χ2n) is 6.14. The summed E-state index contributed by atoms with van der Waals surface area (Å²) >= 11 is 0. The molecule has 2 aromatic carbocycles. The fourth-order valence-electron chi connectivity index (χ4n) is 3.01. The Kier molecular flexibility index (Phi) is 4.62. The third kappa shape index (κ3) is 3.41. The van der Waals surface area contributed by atoms with Crippen molar-refractivity contribution in [3.63, 3.8) is 0 Å². The Labute approximate surface area is 133 Å². The first kappa shape index (κ1) is 14.9. The van der Waals surface area contributed by atoms with Gasteiger partial charge in [-0.05, 0) is 66.5 Å². The standard InChI is InChI=1S/C21H24O/c1-3-22-21-14-12-20(13-15-21)19-10-8-18(9-11-19)17-6-4-16(2)5-7-17/h6,8-16H,3-5,7H2,1-2H3. The second-order valence-corrected chi connectivity index (χ2v) is 6.14. The second kappa shape index (κ2) is 6.83. The van der Waals surface area contributed by atoms with E-state index in [0.29, 0.717) is 6.61 Å². The molecule has 2 aromatic rings. The van der Waals surface area contributed by atoms with Gasteiger partial charge in [0, 0.05) is 0 Å². The molecule has 0 radical (unpaired) electrons. The van der Waals surface area contributed by atoms with Gasteiger partial charge in [0.25, 0.3) is 0 Å². The minimum Gasteiger partial charge on any atom is -0.494 e. The van der Waals surface area contributed by atoms with Gasteiger partial charge in [-0.15, -0.1) is 0 Å². The predicted molar refractivity (Wildman–Crippen MR) is 94.0 cm³/mol. The molecule has 1 nitrogen and oxygen atoms in total. The molecule has 114 valence electrons. The van der Waals surface area contributed by atoms with E-state index in [1.54, 1.807) is 0 Å². The van der Waals surface area contributed by atoms with Gasteiger partial charge in [-0.25, -0.2) is 0 Å². The zero-order chi connectivity index (χ0) is 15.4. The van der Waals surface area contributed by atoms with Crippen LogP contribution in [0.3, 0.4) is 0 Å². The van der Waals surface area contributed by atoms with Gasteiger partial charge in [-0.2, -0.15) is 0 Å². The lowest BCUT2D eigenvalue weighted by Crippen LogP contribution is -2.00. The highest BCUT2D eigenvalue weighted by Gasteiger charge is 2.11. The van der Waals surface area contributed by atoms with Crippen LogP contribution in [0.1, 0.15) is 38.7 Å². The molecular weight excluding hydrogens is 268 g/mol. The monoisotopic (exact) mass is 292 g/mol. The van der Waals surface area contributed by atoms with Gasteiger partial charge >= 0.3 is 0 Å².